The van der Waals surface area contributed by atoms with Crippen LogP contribution in [-0.2, 0) is 17.1 Å². The second kappa shape index (κ2) is 5.06. The van der Waals surface area contributed by atoms with Crippen LogP contribution in [0, 0.1) is 0 Å². The van der Waals surface area contributed by atoms with Gasteiger partial charge in [-0.3, -0.25) is 14.5 Å². The third-order valence-electron chi connectivity index (χ3n) is 2.94. The highest BCUT2D eigenvalue weighted by atomic mass is 32.2. The van der Waals surface area contributed by atoms with E-state index in [1.165, 1.54) is 17.1 Å². The molecular weight excluding hydrogens is 290 g/mol. The molecule has 0 amide bonds. The molecule has 0 fully saturated rings. The van der Waals surface area contributed by atoms with Crippen LogP contribution in [0.25, 0.3) is 11.3 Å². The molecule has 2 N–H and O–H groups in total. The molecule has 0 radical (unpaired) electrons. The minimum atomic E-state index is -3.61. The minimum absolute atomic E-state index is 0.127. The third-order valence-corrected chi connectivity index (χ3v) is 4.28. The summed E-state index contributed by atoms with van der Waals surface area (Å²) in [7, 11) is -1.95. The summed E-state index contributed by atoms with van der Waals surface area (Å²) < 4.78 is 28.2. The number of anilines is 1. The molecule has 0 spiro atoms. The molecule has 0 saturated carbocycles. The lowest BCUT2D eigenvalue weighted by atomic mass is 10.1. The zero-order valence-corrected chi connectivity index (χ0v) is 12.0. The van der Waals surface area contributed by atoms with Crippen LogP contribution < -0.4 is 4.72 Å². The van der Waals surface area contributed by atoms with E-state index < -0.39 is 10.0 Å². The fraction of sp³-hybridized carbons (Fsp3) is 0.0769. The first kappa shape index (κ1) is 13.4. The normalized spacial score (nSPS) is 11.5. The fourth-order valence-electron chi connectivity index (χ4n) is 1.89. The number of nitrogens with zero attached hydrogens (tertiary/aromatic N) is 3. The summed E-state index contributed by atoms with van der Waals surface area (Å²) in [4.78, 5) is 0.127. The van der Waals surface area contributed by atoms with Crippen LogP contribution in [0.4, 0.5) is 5.69 Å². The number of aryl methyl sites for hydroxylation is 1. The first-order valence-electron chi connectivity index (χ1n) is 6.16. The lowest BCUT2D eigenvalue weighted by molar-refractivity contribution is 0.601. The molecule has 0 bridgehead atoms. The number of H-pyrrole nitrogens is 1. The van der Waals surface area contributed by atoms with Crippen LogP contribution in [-0.4, -0.2) is 28.4 Å². The quantitative estimate of drug-likeness (QED) is 0.766. The minimum Gasteiger partial charge on any atom is -0.280 e. The molecule has 108 valence electrons. The van der Waals surface area contributed by atoms with Gasteiger partial charge in [0, 0.05) is 25.1 Å². The Morgan fingerprint density at radius 1 is 1.19 bits per heavy atom. The third kappa shape index (κ3) is 2.79. The molecular formula is C13H13N5O2S. The first-order chi connectivity index (χ1) is 10.0. The highest BCUT2D eigenvalue weighted by Crippen LogP contribution is 2.21. The number of sulfonamides is 1. The van der Waals surface area contributed by atoms with Crippen molar-refractivity contribution in [3.8, 4) is 11.3 Å². The second-order valence-electron chi connectivity index (χ2n) is 4.50. The number of nitrogens with one attached hydrogen (secondary N) is 2. The van der Waals surface area contributed by atoms with E-state index in [1.54, 1.807) is 25.4 Å². The zero-order valence-electron chi connectivity index (χ0n) is 11.2. The van der Waals surface area contributed by atoms with Crippen molar-refractivity contribution in [2.45, 2.75) is 4.90 Å². The predicted octanol–water partition coefficient (Wildman–Crippen LogP) is 1.61. The summed E-state index contributed by atoms with van der Waals surface area (Å²) in [5.74, 6) is 0. The molecule has 0 saturated heterocycles. The lowest BCUT2D eigenvalue weighted by Gasteiger charge is -2.06. The maximum atomic E-state index is 12.1. The van der Waals surface area contributed by atoms with Crippen molar-refractivity contribution in [2.24, 2.45) is 7.05 Å². The van der Waals surface area contributed by atoms with E-state index in [4.69, 9.17) is 0 Å². The molecule has 2 aromatic heterocycles. The van der Waals surface area contributed by atoms with Crippen molar-refractivity contribution >= 4 is 15.7 Å². The molecule has 0 atom stereocenters. The van der Waals surface area contributed by atoms with E-state index in [2.05, 4.69) is 20.0 Å². The average molecular weight is 303 g/mol. The van der Waals surface area contributed by atoms with Gasteiger partial charge in [0.1, 0.15) is 4.90 Å². The van der Waals surface area contributed by atoms with Gasteiger partial charge >= 0.3 is 0 Å². The molecule has 1 aromatic carbocycles. The highest BCUT2D eigenvalue weighted by molar-refractivity contribution is 7.92. The molecule has 21 heavy (non-hydrogen) atoms. The number of benzene rings is 1. The first-order valence-corrected chi connectivity index (χ1v) is 7.64. The van der Waals surface area contributed by atoms with Gasteiger partial charge in [0.25, 0.3) is 10.0 Å². The maximum Gasteiger partial charge on any atom is 0.265 e. The number of rotatable bonds is 4. The molecule has 3 aromatic rings. The van der Waals surface area contributed by atoms with E-state index in [0.717, 1.165) is 11.3 Å². The van der Waals surface area contributed by atoms with Gasteiger partial charge in [-0.15, -0.1) is 0 Å². The fourth-order valence-corrected chi connectivity index (χ4v) is 2.93. The molecule has 0 aliphatic heterocycles. The molecule has 3 rings (SSSR count). The summed E-state index contributed by atoms with van der Waals surface area (Å²) in [6.07, 6.45) is 4.41. The van der Waals surface area contributed by atoms with Gasteiger partial charge < -0.3 is 0 Å². The Bertz CT molecular complexity index is 835. The number of hydrogen-bond acceptors (Lipinski definition) is 4. The van der Waals surface area contributed by atoms with Crippen LogP contribution >= 0.6 is 0 Å². The monoisotopic (exact) mass is 303 g/mol. The maximum absolute atomic E-state index is 12.1. The van der Waals surface area contributed by atoms with E-state index in [9.17, 15) is 8.42 Å². The Labute approximate surface area is 121 Å². The smallest absolute Gasteiger partial charge is 0.265 e. The standard InChI is InChI=1S/C13H13N5O2S/c1-18-9-12(8-15-18)21(19,20)17-11-4-2-10(3-5-11)13-6-7-14-16-13/h2-9,17H,1H3,(H,14,16). The zero-order chi connectivity index (χ0) is 14.9. The average Bonchev–Trinajstić information content (AvgIpc) is 3.10. The molecule has 2 heterocycles. The Hall–Kier alpha value is -2.61. The van der Waals surface area contributed by atoms with Crippen molar-refractivity contribution in [3.05, 3.63) is 48.9 Å². The Balaban J connectivity index is 1.82. The molecule has 0 aliphatic carbocycles. The summed E-state index contributed by atoms with van der Waals surface area (Å²) >= 11 is 0. The van der Waals surface area contributed by atoms with Gasteiger partial charge in [0.15, 0.2) is 0 Å². The lowest BCUT2D eigenvalue weighted by Crippen LogP contribution is -2.12. The van der Waals surface area contributed by atoms with Gasteiger partial charge in [0.05, 0.1) is 11.9 Å². The van der Waals surface area contributed by atoms with E-state index in [1.807, 2.05) is 18.2 Å². The molecule has 0 unspecified atom stereocenters. The molecule has 7 nitrogen and oxygen atoms in total. The SMILES string of the molecule is Cn1cc(S(=O)(=O)Nc2ccc(-c3ccn[nH]3)cc2)cn1. The van der Waals surface area contributed by atoms with Gasteiger partial charge in [-0.1, -0.05) is 12.1 Å². The van der Waals surface area contributed by atoms with Crippen molar-refractivity contribution in [1.82, 2.24) is 20.0 Å². The number of aromatic nitrogens is 4. The van der Waals surface area contributed by atoms with Crippen LogP contribution in [0.15, 0.2) is 53.8 Å². The number of aromatic amines is 1. The summed E-state index contributed by atoms with van der Waals surface area (Å²) in [6, 6.07) is 8.87. The highest BCUT2D eigenvalue weighted by Gasteiger charge is 2.16. The molecule has 0 aliphatic rings. The largest absolute Gasteiger partial charge is 0.280 e. The summed E-state index contributed by atoms with van der Waals surface area (Å²) in [5.41, 5.74) is 2.29. The van der Waals surface area contributed by atoms with Crippen molar-refractivity contribution in [1.29, 1.82) is 0 Å². The van der Waals surface area contributed by atoms with Crippen LogP contribution in [0.3, 0.4) is 0 Å². The van der Waals surface area contributed by atoms with Crippen LogP contribution in [0.2, 0.25) is 0 Å². The van der Waals surface area contributed by atoms with Gasteiger partial charge in [-0.25, -0.2) is 8.42 Å². The van der Waals surface area contributed by atoms with Gasteiger partial charge in [0.2, 0.25) is 0 Å². The Morgan fingerprint density at radius 2 is 1.95 bits per heavy atom. The molecule has 8 heteroatoms. The van der Waals surface area contributed by atoms with Crippen LogP contribution in [0.5, 0.6) is 0 Å². The Kier molecular flexibility index (Phi) is 3.22. The van der Waals surface area contributed by atoms with Crippen molar-refractivity contribution < 1.29 is 8.42 Å². The Morgan fingerprint density at radius 3 is 2.52 bits per heavy atom. The van der Waals surface area contributed by atoms with Crippen molar-refractivity contribution in [2.75, 3.05) is 4.72 Å². The predicted molar refractivity (Wildman–Crippen MR) is 78.0 cm³/mol. The van der Waals surface area contributed by atoms with Crippen molar-refractivity contribution in [3.63, 3.8) is 0 Å². The van der Waals surface area contributed by atoms with Gasteiger partial charge in [-0.05, 0) is 23.8 Å². The summed E-state index contributed by atoms with van der Waals surface area (Å²) in [6.45, 7) is 0. The van der Waals surface area contributed by atoms with E-state index in [-0.39, 0.29) is 4.90 Å². The van der Waals surface area contributed by atoms with E-state index >= 15 is 0 Å². The van der Waals surface area contributed by atoms with Gasteiger partial charge in [-0.2, -0.15) is 10.2 Å². The topological polar surface area (TPSA) is 92.7 Å². The van der Waals surface area contributed by atoms with Crippen LogP contribution in [0.1, 0.15) is 0 Å². The number of hydrogen-bond donors (Lipinski definition) is 2. The second-order valence-corrected chi connectivity index (χ2v) is 6.19. The summed E-state index contributed by atoms with van der Waals surface area (Å²) in [5, 5.41) is 10.6. The van der Waals surface area contributed by atoms with E-state index in [0.29, 0.717) is 5.69 Å².